The zero-order valence-corrected chi connectivity index (χ0v) is 21.3. The summed E-state index contributed by atoms with van der Waals surface area (Å²) in [4.78, 5) is 26.0. The third-order valence-electron chi connectivity index (χ3n) is 11.3. The SMILES string of the molecule is CN(C(=O)NCCO)[C@@H]1CC[C@]2(C)[C@H](CC[C@@H]3[C@H]2C[C@@H](O)[C@@]2(C)[C@@H](C4=CC(=O)OC4)CC[C@@]32O)C1. The molecule has 0 bridgehead atoms. The molecule has 8 nitrogen and oxygen atoms in total. The van der Waals surface area contributed by atoms with Crippen LogP contribution in [0.4, 0.5) is 4.79 Å². The van der Waals surface area contributed by atoms with Gasteiger partial charge in [0.25, 0.3) is 0 Å². The molecule has 1 aliphatic heterocycles. The van der Waals surface area contributed by atoms with E-state index in [-0.39, 0.29) is 61.0 Å². The molecule has 0 saturated heterocycles. The van der Waals surface area contributed by atoms with Crippen LogP contribution in [0.5, 0.6) is 0 Å². The molecule has 0 aromatic rings. The van der Waals surface area contributed by atoms with Gasteiger partial charge in [-0.1, -0.05) is 13.8 Å². The van der Waals surface area contributed by atoms with Gasteiger partial charge in [0.1, 0.15) is 6.61 Å². The Balaban J connectivity index is 1.36. The summed E-state index contributed by atoms with van der Waals surface area (Å²) in [6, 6.07) is 0.0214. The standard InChI is InChI=1S/C27H42N2O6/c1-25-8-6-18(29(3)24(33)28-10-11-30)13-17(25)4-5-20-21(25)14-22(31)26(2)19(7-9-27(20,26)34)16-12-23(32)35-15-16/h12,17-22,30-31,34H,4-11,13-15H2,1-3H3,(H,28,33)/t17-,18-,19-,20-,21-,22-,25-,26-,27-/m1/s1. The zero-order chi connectivity index (χ0) is 25.2. The largest absolute Gasteiger partial charge is 0.458 e. The van der Waals surface area contributed by atoms with Gasteiger partial charge in [-0.3, -0.25) is 0 Å². The number of hydrogen-bond donors (Lipinski definition) is 4. The maximum Gasteiger partial charge on any atom is 0.331 e. The Labute approximate surface area is 208 Å². The highest BCUT2D eigenvalue weighted by molar-refractivity contribution is 5.85. The van der Waals surface area contributed by atoms with Gasteiger partial charge in [0.2, 0.25) is 0 Å². The predicted octanol–water partition coefficient (Wildman–Crippen LogP) is 2.22. The van der Waals surface area contributed by atoms with E-state index < -0.39 is 17.1 Å². The smallest absolute Gasteiger partial charge is 0.331 e. The molecule has 2 amide bonds. The minimum Gasteiger partial charge on any atom is -0.458 e. The molecule has 4 aliphatic carbocycles. The predicted molar refractivity (Wildman–Crippen MR) is 129 cm³/mol. The van der Waals surface area contributed by atoms with Crippen molar-refractivity contribution in [2.45, 2.75) is 83.0 Å². The van der Waals surface area contributed by atoms with E-state index in [1.807, 2.05) is 14.0 Å². The number of urea groups is 1. The van der Waals surface area contributed by atoms with E-state index in [0.29, 0.717) is 18.8 Å². The summed E-state index contributed by atoms with van der Waals surface area (Å²) in [5.41, 5.74) is -0.699. The quantitative estimate of drug-likeness (QED) is 0.449. The Morgan fingerprint density at radius 2 is 1.94 bits per heavy atom. The number of aliphatic hydroxyl groups excluding tert-OH is 2. The van der Waals surface area contributed by atoms with Crippen molar-refractivity contribution in [3.05, 3.63) is 11.6 Å². The molecular weight excluding hydrogens is 448 g/mol. The summed E-state index contributed by atoms with van der Waals surface area (Å²) in [5.74, 6) is 0.446. The summed E-state index contributed by atoms with van der Waals surface area (Å²) in [5, 5.41) is 35.8. The van der Waals surface area contributed by atoms with Crippen LogP contribution in [-0.4, -0.2) is 76.8 Å². The lowest BCUT2D eigenvalue weighted by molar-refractivity contribution is -0.243. The molecule has 9 atom stereocenters. The zero-order valence-electron chi connectivity index (χ0n) is 21.3. The summed E-state index contributed by atoms with van der Waals surface area (Å²) in [6.45, 7) is 4.86. The van der Waals surface area contributed by atoms with E-state index in [0.717, 1.165) is 44.1 Å². The third-order valence-corrected chi connectivity index (χ3v) is 11.3. The van der Waals surface area contributed by atoms with Crippen LogP contribution in [0.25, 0.3) is 0 Å². The first-order valence-electron chi connectivity index (χ1n) is 13.5. The number of fused-ring (bicyclic) bond motifs is 5. The molecule has 4 fully saturated rings. The van der Waals surface area contributed by atoms with Crippen LogP contribution >= 0.6 is 0 Å². The molecule has 0 aromatic carbocycles. The highest BCUT2D eigenvalue weighted by Crippen LogP contribution is 2.70. The molecule has 1 heterocycles. The Kier molecular flexibility index (Phi) is 6.25. The molecule has 196 valence electrons. The lowest BCUT2D eigenvalue weighted by Crippen LogP contribution is -2.67. The van der Waals surface area contributed by atoms with Gasteiger partial charge in [0, 0.05) is 31.1 Å². The monoisotopic (exact) mass is 490 g/mol. The van der Waals surface area contributed by atoms with Gasteiger partial charge in [-0.2, -0.15) is 0 Å². The topological polar surface area (TPSA) is 119 Å². The van der Waals surface area contributed by atoms with E-state index >= 15 is 0 Å². The maximum absolute atomic E-state index is 12.5. The third kappa shape index (κ3) is 3.57. The molecule has 4 N–H and O–H groups in total. The van der Waals surface area contributed by atoms with Gasteiger partial charge >= 0.3 is 12.0 Å². The molecule has 5 rings (SSSR count). The van der Waals surface area contributed by atoms with E-state index in [1.165, 1.54) is 0 Å². The van der Waals surface area contributed by atoms with E-state index in [1.54, 1.807) is 11.0 Å². The average Bonchev–Trinajstić information content (AvgIpc) is 3.38. The Bertz CT molecular complexity index is 908. The second-order valence-corrected chi connectivity index (χ2v) is 12.4. The summed E-state index contributed by atoms with van der Waals surface area (Å²) >= 11 is 0. The number of carbonyl (C=O) groups excluding carboxylic acids is 2. The first-order chi connectivity index (χ1) is 16.6. The molecular formula is C27H42N2O6. The van der Waals surface area contributed by atoms with Crippen molar-refractivity contribution in [3.63, 3.8) is 0 Å². The Morgan fingerprint density at radius 1 is 1.17 bits per heavy atom. The lowest BCUT2D eigenvalue weighted by atomic mass is 9.42. The molecule has 4 saturated carbocycles. The number of ether oxygens (including phenoxy) is 1. The van der Waals surface area contributed by atoms with Crippen molar-refractivity contribution < 1.29 is 29.6 Å². The van der Waals surface area contributed by atoms with Crippen LogP contribution in [0.1, 0.15) is 65.2 Å². The van der Waals surface area contributed by atoms with Gasteiger partial charge in [-0.25, -0.2) is 9.59 Å². The van der Waals surface area contributed by atoms with E-state index in [9.17, 15) is 19.8 Å². The molecule has 8 heteroatoms. The Hall–Kier alpha value is -1.64. The van der Waals surface area contributed by atoms with Crippen LogP contribution < -0.4 is 5.32 Å². The molecule has 0 radical (unpaired) electrons. The fourth-order valence-electron chi connectivity index (χ4n) is 9.17. The lowest BCUT2D eigenvalue weighted by Gasteiger charge is -2.65. The van der Waals surface area contributed by atoms with Crippen molar-refractivity contribution in [2.24, 2.45) is 34.5 Å². The number of cyclic esters (lactones) is 1. The van der Waals surface area contributed by atoms with Crippen molar-refractivity contribution in [3.8, 4) is 0 Å². The van der Waals surface area contributed by atoms with Gasteiger partial charge in [-0.15, -0.1) is 0 Å². The highest BCUT2D eigenvalue weighted by Gasteiger charge is 2.70. The van der Waals surface area contributed by atoms with Gasteiger partial charge in [0.05, 0.1) is 18.3 Å². The van der Waals surface area contributed by atoms with E-state index in [2.05, 4.69) is 12.2 Å². The van der Waals surface area contributed by atoms with Crippen LogP contribution in [-0.2, 0) is 9.53 Å². The molecule has 0 aromatic heterocycles. The maximum atomic E-state index is 12.5. The number of esters is 1. The first-order valence-corrected chi connectivity index (χ1v) is 13.5. The number of nitrogens with zero attached hydrogens (tertiary/aromatic N) is 1. The molecule has 0 spiro atoms. The van der Waals surface area contributed by atoms with Crippen molar-refractivity contribution in [2.75, 3.05) is 26.8 Å². The number of hydrogen-bond acceptors (Lipinski definition) is 6. The minimum atomic E-state index is -0.960. The van der Waals surface area contributed by atoms with Gasteiger partial charge in [-0.05, 0) is 86.0 Å². The summed E-state index contributed by atoms with van der Waals surface area (Å²) < 4.78 is 5.19. The molecule has 35 heavy (non-hydrogen) atoms. The van der Waals surface area contributed by atoms with Crippen molar-refractivity contribution in [1.82, 2.24) is 10.2 Å². The number of amides is 2. The van der Waals surface area contributed by atoms with Crippen LogP contribution in [0, 0.1) is 34.5 Å². The number of aliphatic hydroxyl groups is 3. The van der Waals surface area contributed by atoms with Crippen LogP contribution in [0.3, 0.4) is 0 Å². The molecule has 0 unspecified atom stereocenters. The van der Waals surface area contributed by atoms with Crippen LogP contribution in [0.15, 0.2) is 11.6 Å². The normalized spacial score (nSPS) is 46.7. The van der Waals surface area contributed by atoms with Crippen LogP contribution in [0.2, 0.25) is 0 Å². The summed E-state index contributed by atoms with van der Waals surface area (Å²) in [7, 11) is 1.84. The van der Waals surface area contributed by atoms with Gasteiger partial charge < -0.3 is 30.3 Å². The Morgan fingerprint density at radius 3 is 2.63 bits per heavy atom. The molecule has 5 aliphatic rings. The van der Waals surface area contributed by atoms with Crippen molar-refractivity contribution in [1.29, 1.82) is 0 Å². The second-order valence-electron chi connectivity index (χ2n) is 12.4. The average molecular weight is 491 g/mol. The first kappa shape index (κ1) is 25.0. The van der Waals surface area contributed by atoms with Crippen molar-refractivity contribution >= 4 is 12.0 Å². The number of rotatable bonds is 4. The fraction of sp³-hybridized carbons (Fsp3) is 0.852. The number of carbonyl (C=O) groups is 2. The fourth-order valence-corrected chi connectivity index (χ4v) is 9.17. The van der Waals surface area contributed by atoms with Gasteiger partial charge in [0.15, 0.2) is 0 Å². The minimum absolute atomic E-state index is 0.0175. The van der Waals surface area contributed by atoms with E-state index in [4.69, 9.17) is 9.84 Å². The number of nitrogens with one attached hydrogen (secondary N) is 1. The highest BCUT2D eigenvalue weighted by atomic mass is 16.5. The summed E-state index contributed by atoms with van der Waals surface area (Å²) in [6.07, 6.45) is 7.78. The second kappa shape index (κ2) is 8.73.